The quantitative estimate of drug-likeness (QED) is 0.718. The highest BCUT2D eigenvalue weighted by Gasteiger charge is 2.23. The van der Waals surface area contributed by atoms with Crippen LogP contribution in [0.3, 0.4) is 0 Å². The minimum absolute atomic E-state index is 0.520. The molecule has 1 saturated heterocycles. The van der Waals surface area contributed by atoms with E-state index in [1.54, 1.807) is 0 Å². The van der Waals surface area contributed by atoms with Gasteiger partial charge in [-0.15, -0.1) is 12.3 Å². The first-order chi connectivity index (χ1) is 6.77. The van der Waals surface area contributed by atoms with Crippen LogP contribution in [0, 0.1) is 12.3 Å². The summed E-state index contributed by atoms with van der Waals surface area (Å²) in [5, 5.41) is 4.44. The van der Waals surface area contributed by atoms with Crippen LogP contribution in [0.5, 0.6) is 0 Å². The Morgan fingerprint density at radius 3 is 3.00 bits per heavy atom. The normalized spacial score (nSPS) is 29.5. The van der Waals surface area contributed by atoms with E-state index >= 15 is 0 Å². The van der Waals surface area contributed by atoms with E-state index < -0.39 is 0 Å². The Balaban J connectivity index is 2.36. The molecule has 0 amide bonds. The maximum Gasteiger partial charge on any atom is 0.0240 e. The smallest absolute Gasteiger partial charge is 0.0240 e. The maximum atomic E-state index is 5.35. The van der Waals surface area contributed by atoms with Crippen LogP contribution >= 0.6 is 11.8 Å². The SMILES string of the molecule is C#CCC(CC)NC1CCCSC1C. The van der Waals surface area contributed by atoms with Gasteiger partial charge in [-0.2, -0.15) is 11.8 Å². The van der Waals surface area contributed by atoms with E-state index in [1.807, 2.05) is 0 Å². The highest BCUT2D eigenvalue weighted by atomic mass is 32.2. The molecule has 80 valence electrons. The predicted octanol–water partition coefficient (Wildman–Crippen LogP) is 2.66. The number of hydrogen-bond donors (Lipinski definition) is 1. The van der Waals surface area contributed by atoms with Gasteiger partial charge in [0.15, 0.2) is 0 Å². The molecule has 0 radical (unpaired) electrons. The lowest BCUT2D eigenvalue weighted by molar-refractivity contribution is 0.391. The van der Waals surface area contributed by atoms with Gasteiger partial charge in [0.2, 0.25) is 0 Å². The Morgan fingerprint density at radius 1 is 1.64 bits per heavy atom. The maximum absolute atomic E-state index is 5.35. The minimum atomic E-state index is 0.520. The van der Waals surface area contributed by atoms with Crippen LogP contribution in [0.25, 0.3) is 0 Å². The van der Waals surface area contributed by atoms with Crippen molar-refractivity contribution in [1.29, 1.82) is 0 Å². The molecule has 0 saturated carbocycles. The van der Waals surface area contributed by atoms with Gasteiger partial charge < -0.3 is 5.32 Å². The summed E-state index contributed by atoms with van der Waals surface area (Å²) in [5.74, 6) is 4.08. The fourth-order valence-corrected chi connectivity index (χ4v) is 3.06. The van der Waals surface area contributed by atoms with Crippen molar-refractivity contribution in [1.82, 2.24) is 5.32 Å². The Labute approximate surface area is 92.4 Å². The Morgan fingerprint density at radius 2 is 2.43 bits per heavy atom. The fourth-order valence-electron chi connectivity index (χ4n) is 1.91. The van der Waals surface area contributed by atoms with E-state index in [-0.39, 0.29) is 0 Å². The van der Waals surface area contributed by atoms with Crippen molar-refractivity contribution >= 4 is 11.8 Å². The summed E-state index contributed by atoms with van der Waals surface area (Å²) in [6, 6.07) is 1.19. The van der Waals surface area contributed by atoms with E-state index in [0.29, 0.717) is 12.1 Å². The summed E-state index contributed by atoms with van der Waals surface area (Å²) in [4.78, 5) is 0. The molecule has 1 aliphatic heterocycles. The second-order valence-electron chi connectivity index (χ2n) is 4.00. The average Bonchev–Trinajstić information content (AvgIpc) is 2.20. The number of hydrogen-bond acceptors (Lipinski definition) is 2. The highest BCUT2D eigenvalue weighted by Crippen LogP contribution is 2.25. The molecular weight excluding hydrogens is 190 g/mol. The van der Waals surface area contributed by atoms with Gasteiger partial charge >= 0.3 is 0 Å². The largest absolute Gasteiger partial charge is 0.309 e. The molecule has 0 aliphatic carbocycles. The number of terminal acetylenes is 1. The molecule has 14 heavy (non-hydrogen) atoms. The molecule has 0 aromatic rings. The van der Waals surface area contributed by atoms with Crippen molar-refractivity contribution in [3.8, 4) is 12.3 Å². The molecule has 0 aromatic heterocycles. The van der Waals surface area contributed by atoms with Gasteiger partial charge in [-0.05, 0) is 25.0 Å². The Bertz CT molecular complexity index is 197. The van der Waals surface area contributed by atoms with Crippen molar-refractivity contribution < 1.29 is 0 Å². The van der Waals surface area contributed by atoms with Crippen LogP contribution < -0.4 is 5.32 Å². The van der Waals surface area contributed by atoms with Crippen LogP contribution in [-0.2, 0) is 0 Å². The summed E-state index contributed by atoms with van der Waals surface area (Å²) >= 11 is 2.08. The molecule has 0 aromatic carbocycles. The van der Waals surface area contributed by atoms with Crippen molar-refractivity contribution in [2.24, 2.45) is 0 Å². The third-order valence-corrected chi connectivity index (χ3v) is 4.29. The van der Waals surface area contributed by atoms with Crippen LogP contribution in [0.15, 0.2) is 0 Å². The van der Waals surface area contributed by atoms with Crippen LogP contribution in [0.1, 0.15) is 39.5 Å². The number of thioether (sulfide) groups is 1. The third-order valence-electron chi connectivity index (χ3n) is 2.91. The minimum Gasteiger partial charge on any atom is -0.309 e. The van der Waals surface area contributed by atoms with Crippen molar-refractivity contribution in [2.75, 3.05) is 5.75 Å². The molecule has 3 unspecified atom stereocenters. The van der Waals surface area contributed by atoms with E-state index in [9.17, 15) is 0 Å². The first-order valence-electron chi connectivity index (χ1n) is 5.59. The van der Waals surface area contributed by atoms with Gasteiger partial charge in [-0.1, -0.05) is 13.8 Å². The van der Waals surface area contributed by atoms with Crippen molar-refractivity contribution in [3.63, 3.8) is 0 Å². The zero-order chi connectivity index (χ0) is 10.4. The van der Waals surface area contributed by atoms with E-state index in [2.05, 4.69) is 36.8 Å². The van der Waals surface area contributed by atoms with Crippen LogP contribution in [0.2, 0.25) is 0 Å². The van der Waals surface area contributed by atoms with Gasteiger partial charge in [0.1, 0.15) is 0 Å². The topological polar surface area (TPSA) is 12.0 Å². The monoisotopic (exact) mass is 211 g/mol. The van der Waals surface area contributed by atoms with E-state index in [0.717, 1.165) is 18.1 Å². The molecule has 0 spiro atoms. The standard InChI is InChI=1S/C12H21NS/c1-4-7-11(5-2)13-12-8-6-9-14-10(12)3/h1,10-13H,5-9H2,2-3H3. The van der Waals surface area contributed by atoms with E-state index in [1.165, 1.54) is 18.6 Å². The second kappa shape index (κ2) is 6.37. The zero-order valence-electron chi connectivity index (χ0n) is 9.25. The van der Waals surface area contributed by atoms with Gasteiger partial charge in [0.25, 0.3) is 0 Å². The molecule has 2 heteroatoms. The lowest BCUT2D eigenvalue weighted by Gasteiger charge is -2.32. The van der Waals surface area contributed by atoms with E-state index in [4.69, 9.17) is 6.42 Å². The highest BCUT2D eigenvalue weighted by molar-refractivity contribution is 7.99. The zero-order valence-corrected chi connectivity index (χ0v) is 10.1. The summed E-state index contributed by atoms with van der Waals surface area (Å²) < 4.78 is 0. The lowest BCUT2D eigenvalue weighted by Crippen LogP contribution is -2.44. The first kappa shape index (κ1) is 11.9. The summed E-state index contributed by atoms with van der Waals surface area (Å²) in [6.07, 6.45) is 10.0. The molecule has 1 aliphatic rings. The molecule has 1 rings (SSSR count). The Kier molecular flexibility index (Phi) is 5.44. The second-order valence-corrected chi connectivity index (χ2v) is 5.49. The van der Waals surface area contributed by atoms with Gasteiger partial charge in [0.05, 0.1) is 0 Å². The molecule has 3 atom stereocenters. The molecular formula is C12H21NS. The fraction of sp³-hybridized carbons (Fsp3) is 0.833. The van der Waals surface area contributed by atoms with Gasteiger partial charge in [0, 0.05) is 23.8 Å². The number of rotatable bonds is 4. The average molecular weight is 211 g/mol. The van der Waals surface area contributed by atoms with Gasteiger partial charge in [-0.25, -0.2) is 0 Å². The Hall–Kier alpha value is -0.130. The third kappa shape index (κ3) is 3.55. The summed E-state index contributed by atoms with van der Waals surface area (Å²) in [7, 11) is 0. The molecule has 0 bridgehead atoms. The summed E-state index contributed by atoms with van der Waals surface area (Å²) in [6.45, 7) is 4.53. The molecule has 1 nitrogen and oxygen atoms in total. The first-order valence-corrected chi connectivity index (χ1v) is 6.64. The predicted molar refractivity (Wildman–Crippen MR) is 65.6 cm³/mol. The van der Waals surface area contributed by atoms with Crippen LogP contribution in [0.4, 0.5) is 0 Å². The van der Waals surface area contributed by atoms with Crippen LogP contribution in [-0.4, -0.2) is 23.1 Å². The summed E-state index contributed by atoms with van der Waals surface area (Å²) in [5.41, 5.74) is 0. The molecule has 1 fully saturated rings. The molecule has 1 heterocycles. The molecule has 1 N–H and O–H groups in total. The van der Waals surface area contributed by atoms with Gasteiger partial charge in [-0.3, -0.25) is 0 Å². The lowest BCUT2D eigenvalue weighted by atomic mass is 10.0. The van der Waals surface area contributed by atoms with Crippen molar-refractivity contribution in [2.45, 2.75) is 56.9 Å². The number of nitrogens with one attached hydrogen (secondary N) is 1. The van der Waals surface area contributed by atoms with Crippen molar-refractivity contribution in [3.05, 3.63) is 0 Å².